The number of likely N-dealkylation sites (N-methyl/N-ethyl adjacent to an activating group) is 1. The summed E-state index contributed by atoms with van der Waals surface area (Å²) in [4.78, 5) is 27.1. The lowest BCUT2D eigenvalue weighted by Crippen LogP contribution is -2.38. The molecular weight excluding hydrogens is 400 g/mol. The molecule has 2 amide bonds. The number of nitrogens with one attached hydrogen (secondary N) is 1. The Kier molecular flexibility index (Phi) is 7.72. The number of carbonyl (C=O) groups is 2. The molecule has 2 aromatic carbocycles. The molecule has 8 nitrogen and oxygen atoms in total. The number of ether oxygens (including phenoxy) is 4. The lowest BCUT2D eigenvalue weighted by molar-refractivity contribution is -0.116. The van der Waals surface area contributed by atoms with Crippen LogP contribution in [-0.4, -0.2) is 56.7 Å². The van der Waals surface area contributed by atoms with Gasteiger partial charge in [0.25, 0.3) is 5.91 Å². The molecule has 8 heteroatoms. The molecule has 1 N–H and O–H groups in total. The highest BCUT2D eigenvalue weighted by atomic mass is 16.6. The number of methoxy groups -OCH3 is 1. The maximum Gasteiger partial charge on any atom is 0.254 e. The van der Waals surface area contributed by atoms with E-state index in [2.05, 4.69) is 5.32 Å². The van der Waals surface area contributed by atoms with Gasteiger partial charge in [-0.05, 0) is 44.2 Å². The Morgan fingerprint density at radius 2 is 1.84 bits per heavy atom. The Balaban J connectivity index is 1.67. The van der Waals surface area contributed by atoms with E-state index in [1.807, 2.05) is 13.8 Å². The van der Waals surface area contributed by atoms with E-state index in [1.54, 1.807) is 43.5 Å². The fourth-order valence-electron chi connectivity index (χ4n) is 3.24. The van der Waals surface area contributed by atoms with Crippen molar-refractivity contribution in [1.29, 1.82) is 0 Å². The van der Waals surface area contributed by atoms with Crippen LogP contribution in [0.1, 0.15) is 29.8 Å². The van der Waals surface area contributed by atoms with Crippen LogP contribution in [0.25, 0.3) is 0 Å². The van der Waals surface area contributed by atoms with Crippen LogP contribution in [0.5, 0.6) is 17.2 Å². The molecule has 0 atom stereocenters. The summed E-state index contributed by atoms with van der Waals surface area (Å²) in [5, 5.41) is 2.81. The Morgan fingerprint density at radius 1 is 1.06 bits per heavy atom. The van der Waals surface area contributed by atoms with E-state index in [1.165, 1.54) is 4.90 Å². The quantitative estimate of drug-likeness (QED) is 0.661. The van der Waals surface area contributed by atoms with Crippen molar-refractivity contribution in [3.8, 4) is 17.2 Å². The first-order valence-electron chi connectivity index (χ1n) is 10.3. The first kappa shape index (κ1) is 22.4. The lowest BCUT2D eigenvalue weighted by atomic mass is 10.1. The molecule has 0 unspecified atom stereocenters. The van der Waals surface area contributed by atoms with Crippen LogP contribution in [0.3, 0.4) is 0 Å². The summed E-state index contributed by atoms with van der Waals surface area (Å²) in [5.74, 6) is 1.36. The molecule has 1 aliphatic heterocycles. The summed E-state index contributed by atoms with van der Waals surface area (Å²) >= 11 is 0. The van der Waals surface area contributed by atoms with Gasteiger partial charge in [0.15, 0.2) is 11.5 Å². The topological polar surface area (TPSA) is 86.3 Å². The zero-order chi connectivity index (χ0) is 22.2. The van der Waals surface area contributed by atoms with Crippen molar-refractivity contribution in [2.75, 3.05) is 45.3 Å². The van der Waals surface area contributed by atoms with Gasteiger partial charge in [-0.15, -0.1) is 0 Å². The van der Waals surface area contributed by atoms with Gasteiger partial charge in [0, 0.05) is 36.0 Å². The highest BCUT2D eigenvalue weighted by Gasteiger charge is 2.20. The van der Waals surface area contributed by atoms with Crippen molar-refractivity contribution in [2.45, 2.75) is 20.5 Å². The molecule has 0 fully saturated rings. The Labute approximate surface area is 182 Å². The third-order valence-electron chi connectivity index (χ3n) is 4.82. The summed E-state index contributed by atoms with van der Waals surface area (Å²) in [5.41, 5.74) is 1.85. The first-order chi connectivity index (χ1) is 15.0. The van der Waals surface area contributed by atoms with Crippen LogP contribution in [-0.2, 0) is 16.1 Å². The molecule has 2 aromatic rings. The minimum atomic E-state index is -0.296. The number of nitrogens with zero attached hydrogens (tertiary/aromatic N) is 1. The Morgan fingerprint density at radius 3 is 2.55 bits per heavy atom. The second-order valence-electron chi connectivity index (χ2n) is 6.89. The molecule has 0 bridgehead atoms. The Hall–Kier alpha value is -3.26. The van der Waals surface area contributed by atoms with Crippen molar-refractivity contribution >= 4 is 17.5 Å². The maximum atomic E-state index is 13.0. The summed E-state index contributed by atoms with van der Waals surface area (Å²) in [7, 11) is 1.58. The summed E-state index contributed by atoms with van der Waals surface area (Å²) in [6.07, 6.45) is 0. The standard InChI is InChI=1S/C23H28N2O6/c1-4-25(23(27)16-6-8-19(28-3)17(12-16)15-29-5-2)14-22(26)24-18-7-9-20-21(13-18)31-11-10-30-20/h6-9,12-13H,4-5,10-11,14-15H2,1-3H3,(H,24,26). The Bertz CT molecular complexity index is 930. The number of carbonyl (C=O) groups excluding carboxylic acids is 2. The minimum Gasteiger partial charge on any atom is -0.496 e. The van der Waals surface area contributed by atoms with Crippen molar-refractivity contribution < 1.29 is 28.5 Å². The van der Waals surface area contributed by atoms with Crippen LogP contribution in [0.4, 0.5) is 5.69 Å². The first-order valence-corrected chi connectivity index (χ1v) is 10.3. The van der Waals surface area contributed by atoms with Gasteiger partial charge in [-0.25, -0.2) is 0 Å². The predicted octanol–water partition coefficient (Wildman–Crippen LogP) is 3.10. The molecule has 0 saturated carbocycles. The van der Waals surface area contributed by atoms with Gasteiger partial charge < -0.3 is 29.2 Å². The number of rotatable bonds is 9. The van der Waals surface area contributed by atoms with Gasteiger partial charge in [-0.3, -0.25) is 9.59 Å². The van der Waals surface area contributed by atoms with Crippen molar-refractivity contribution in [3.05, 3.63) is 47.5 Å². The highest BCUT2D eigenvalue weighted by molar-refractivity contribution is 5.99. The van der Waals surface area contributed by atoms with Gasteiger partial charge in [0.1, 0.15) is 25.5 Å². The maximum absolute atomic E-state index is 13.0. The summed E-state index contributed by atoms with van der Waals surface area (Å²) < 4.78 is 21.8. The number of hydrogen-bond acceptors (Lipinski definition) is 6. The van der Waals surface area contributed by atoms with E-state index >= 15 is 0 Å². The smallest absolute Gasteiger partial charge is 0.254 e. The van der Waals surface area contributed by atoms with E-state index < -0.39 is 0 Å². The molecule has 3 rings (SSSR count). The molecule has 0 aromatic heterocycles. The number of fused-ring (bicyclic) bond motifs is 1. The van der Waals surface area contributed by atoms with Gasteiger partial charge in [0.05, 0.1) is 13.7 Å². The normalized spacial score (nSPS) is 12.2. The van der Waals surface area contributed by atoms with Crippen molar-refractivity contribution in [2.24, 2.45) is 0 Å². The van der Waals surface area contributed by atoms with Gasteiger partial charge in [-0.1, -0.05) is 0 Å². The second-order valence-corrected chi connectivity index (χ2v) is 6.89. The van der Waals surface area contributed by atoms with Gasteiger partial charge >= 0.3 is 0 Å². The largest absolute Gasteiger partial charge is 0.496 e. The van der Waals surface area contributed by atoms with E-state index in [9.17, 15) is 9.59 Å². The van der Waals surface area contributed by atoms with Gasteiger partial charge in [0.2, 0.25) is 5.91 Å². The summed E-state index contributed by atoms with van der Waals surface area (Å²) in [6.45, 7) is 5.93. The third kappa shape index (κ3) is 5.67. The SMILES string of the molecule is CCOCc1cc(C(=O)N(CC)CC(=O)Nc2ccc3c(c2)OCCO3)ccc1OC. The van der Waals surface area contributed by atoms with Crippen LogP contribution >= 0.6 is 0 Å². The molecule has 0 saturated heterocycles. The molecule has 0 spiro atoms. The van der Waals surface area contributed by atoms with Crippen LogP contribution < -0.4 is 19.5 Å². The number of amides is 2. The number of benzene rings is 2. The van der Waals surface area contributed by atoms with E-state index in [0.717, 1.165) is 5.56 Å². The molecule has 0 radical (unpaired) electrons. The monoisotopic (exact) mass is 428 g/mol. The fourth-order valence-corrected chi connectivity index (χ4v) is 3.24. The molecule has 1 aliphatic rings. The number of anilines is 1. The highest BCUT2D eigenvalue weighted by Crippen LogP contribution is 2.32. The zero-order valence-electron chi connectivity index (χ0n) is 18.1. The molecule has 0 aliphatic carbocycles. The molecule has 166 valence electrons. The van der Waals surface area contributed by atoms with E-state index in [4.69, 9.17) is 18.9 Å². The van der Waals surface area contributed by atoms with Crippen molar-refractivity contribution in [1.82, 2.24) is 4.90 Å². The average Bonchev–Trinajstić information content (AvgIpc) is 2.80. The molecule has 31 heavy (non-hydrogen) atoms. The number of hydrogen-bond donors (Lipinski definition) is 1. The average molecular weight is 428 g/mol. The van der Waals surface area contributed by atoms with Crippen LogP contribution in [0.2, 0.25) is 0 Å². The predicted molar refractivity (Wildman–Crippen MR) is 116 cm³/mol. The molecule has 1 heterocycles. The van der Waals surface area contributed by atoms with Gasteiger partial charge in [-0.2, -0.15) is 0 Å². The van der Waals surface area contributed by atoms with E-state index in [0.29, 0.717) is 61.5 Å². The van der Waals surface area contributed by atoms with Crippen LogP contribution in [0.15, 0.2) is 36.4 Å². The minimum absolute atomic E-state index is 0.0728. The second kappa shape index (κ2) is 10.7. The summed E-state index contributed by atoms with van der Waals surface area (Å²) in [6, 6.07) is 10.4. The zero-order valence-corrected chi connectivity index (χ0v) is 18.1. The fraction of sp³-hybridized carbons (Fsp3) is 0.391. The van der Waals surface area contributed by atoms with E-state index in [-0.39, 0.29) is 18.4 Å². The molecular formula is C23H28N2O6. The van der Waals surface area contributed by atoms with Crippen LogP contribution in [0, 0.1) is 0 Å². The third-order valence-corrected chi connectivity index (χ3v) is 4.82. The van der Waals surface area contributed by atoms with Crippen molar-refractivity contribution in [3.63, 3.8) is 0 Å². The lowest BCUT2D eigenvalue weighted by Gasteiger charge is -2.22.